The van der Waals surface area contributed by atoms with Gasteiger partial charge in [-0.2, -0.15) is 26.3 Å². The molecule has 220 valence electrons. The SMILES string of the molecule is O=C(OC(C(F)(F)F)C(F)(F)F)N1CC2CN(Cc3cc(CN4CCOCC4)cc(OC(F)(F)F)c3)CC2C1. The molecule has 0 N–H and O–H groups in total. The summed E-state index contributed by atoms with van der Waals surface area (Å²) in [7, 11) is 0. The van der Waals surface area contributed by atoms with Crippen molar-refractivity contribution in [3.8, 4) is 5.75 Å². The van der Waals surface area contributed by atoms with Crippen LogP contribution in [0.25, 0.3) is 0 Å². The van der Waals surface area contributed by atoms with Gasteiger partial charge in [-0.15, -0.1) is 13.2 Å². The second-order valence-corrected chi connectivity index (χ2v) is 9.89. The van der Waals surface area contributed by atoms with Crippen LogP contribution in [0.15, 0.2) is 18.2 Å². The summed E-state index contributed by atoms with van der Waals surface area (Å²) >= 11 is 0. The van der Waals surface area contributed by atoms with Crippen LogP contribution >= 0.6 is 0 Å². The molecule has 0 radical (unpaired) electrons. The van der Waals surface area contributed by atoms with Gasteiger partial charge in [-0.25, -0.2) is 4.79 Å². The number of ether oxygens (including phenoxy) is 3. The number of carbonyl (C=O) groups is 1. The van der Waals surface area contributed by atoms with Gasteiger partial charge in [-0.3, -0.25) is 9.80 Å². The smallest absolute Gasteiger partial charge is 0.426 e. The van der Waals surface area contributed by atoms with E-state index in [0.717, 1.165) is 4.90 Å². The van der Waals surface area contributed by atoms with Crippen molar-refractivity contribution < 1.29 is 58.5 Å². The van der Waals surface area contributed by atoms with Gasteiger partial charge in [0.2, 0.25) is 0 Å². The average molecular weight is 579 g/mol. The number of hydrogen-bond donors (Lipinski definition) is 0. The van der Waals surface area contributed by atoms with Crippen LogP contribution in [0, 0.1) is 11.8 Å². The van der Waals surface area contributed by atoms with E-state index in [-0.39, 0.29) is 37.2 Å². The molecule has 39 heavy (non-hydrogen) atoms. The van der Waals surface area contributed by atoms with E-state index in [0.29, 0.717) is 57.1 Å². The molecule has 3 aliphatic heterocycles. The number of benzene rings is 1. The lowest BCUT2D eigenvalue weighted by molar-refractivity contribution is -0.308. The molecular formula is C23H26F9N3O4. The summed E-state index contributed by atoms with van der Waals surface area (Å²) in [6.45, 7) is 3.42. The van der Waals surface area contributed by atoms with Crippen molar-refractivity contribution in [2.24, 2.45) is 11.8 Å². The highest BCUT2D eigenvalue weighted by molar-refractivity contribution is 5.68. The number of hydrogen-bond acceptors (Lipinski definition) is 6. The minimum atomic E-state index is -5.80. The first kappa shape index (κ1) is 29.5. The highest BCUT2D eigenvalue weighted by Crippen LogP contribution is 2.38. The molecule has 1 amide bonds. The number of fused-ring (bicyclic) bond motifs is 1. The quantitative estimate of drug-likeness (QED) is 0.466. The Morgan fingerprint density at radius 3 is 1.82 bits per heavy atom. The van der Waals surface area contributed by atoms with Crippen molar-refractivity contribution in [2.75, 3.05) is 52.5 Å². The van der Waals surface area contributed by atoms with E-state index in [9.17, 15) is 44.3 Å². The standard InChI is InChI=1S/C23H26F9N3O4/c24-21(25,26)19(22(27,28)29)38-20(36)35-12-16-10-34(11-17(16)13-35)9-15-5-14(8-33-1-3-37-4-2-33)6-18(7-15)39-23(30,31)32/h5-7,16-17,19H,1-4,8-13H2. The summed E-state index contributed by atoms with van der Waals surface area (Å²) in [4.78, 5) is 16.9. The van der Waals surface area contributed by atoms with Crippen LogP contribution in [-0.2, 0) is 22.6 Å². The second-order valence-electron chi connectivity index (χ2n) is 9.89. The predicted octanol–water partition coefficient (Wildman–Crippen LogP) is 4.41. The Labute approximate surface area is 217 Å². The number of carbonyl (C=O) groups excluding carboxylic acids is 1. The third-order valence-corrected chi connectivity index (χ3v) is 6.81. The largest absolute Gasteiger partial charge is 0.573 e. The minimum absolute atomic E-state index is 0.0953. The van der Waals surface area contributed by atoms with Gasteiger partial charge in [-0.05, 0) is 35.1 Å². The van der Waals surface area contributed by atoms with Gasteiger partial charge in [0, 0.05) is 52.4 Å². The van der Waals surface area contributed by atoms with Gasteiger partial charge >= 0.3 is 24.8 Å². The number of amides is 1. The molecular weight excluding hydrogens is 553 g/mol. The molecule has 3 saturated heterocycles. The number of halogens is 9. The van der Waals surface area contributed by atoms with Gasteiger partial charge in [0.25, 0.3) is 6.10 Å². The van der Waals surface area contributed by atoms with Crippen molar-refractivity contribution in [2.45, 2.75) is 37.9 Å². The molecule has 2 atom stereocenters. The minimum Gasteiger partial charge on any atom is -0.426 e. The van der Waals surface area contributed by atoms with Gasteiger partial charge in [0.15, 0.2) is 0 Å². The molecule has 0 bridgehead atoms. The van der Waals surface area contributed by atoms with E-state index in [1.807, 2.05) is 9.80 Å². The Kier molecular flexibility index (Phi) is 8.47. The Morgan fingerprint density at radius 1 is 0.821 bits per heavy atom. The summed E-state index contributed by atoms with van der Waals surface area (Å²) in [6, 6.07) is 4.37. The number of rotatable bonds is 6. The lowest BCUT2D eigenvalue weighted by Crippen LogP contribution is -2.48. The van der Waals surface area contributed by atoms with Crippen LogP contribution < -0.4 is 4.74 Å². The fraction of sp³-hybridized carbons (Fsp3) is 0.696. The highest BCUT2D eigenvalue weighted by Gasteiger charge is 2.60. The van der Waals surface area contributed by atoms with Crippen molar-refractivity contribution in [1.82, 2.24) is 14.7 Å². The maximum atomic E-state index is 12.9. The van der Waals surface area contributed by atoms with Crippen LogP contribution in [0.2, 0.25) is 0 Å². The molecule has 0 saturated carbocycles. The molecule has 0 aromatic heterocycles. The first-order valence-electron chi connectivity index (χ1n) is 12.1. The Morgan fingerprint density at radius 2 is 1.33 bits per heavy atom. The van der Waals surface area contributed by atoms with E-state index < -0.39 is 30.9 Å². The molecule has 3 heterocycles. The van der Waals surface area contributed by atoms with E-state index in [4.69, 9.17) is 4.74 Å². The summed E-state index contributed by atoms with van der Waals surface area (Å²) in [5.41, 5.74) is 1.17. The first-order chi connectivity index (χ1) is 18.1. The Bertz CT molecular complexity index is 984. The molecule has 3 aliphatic rings. The molecule has 0 aliphatic carbocycles. The summed E-state index contributed by atoms with van der Waals surface area (Å²) in [5.74, 6) is -0.842. The first-order valence-corrected chi connectivity index (χ1v) is 12.1. The second kappa shape index (κ2) is 11.2. The van der Waals surface area contributed by atoms with Crippen molar-refractivity contribution in [3.63, 3.8) is 0 Å². The van der Waals surface area contributed by atoms with Crippen LogP contribution in [0.5, 0.6) is 5.75 Å². The topological polar surface area (TPSA) is 54.5 Å². The molecule has 1 aromatic carbocycles. The monoisotopic (exact) mass is 579 g/mol. The highest BCUT2D eigenvalue weighted by atomic mass is 19.4. The average Bonchev–Trinajstić information content (AvgIpc) is 3.34. The van der Waals surface area contributed by atoms with Crippen LogP contribution in [0.1, 0.15) is 11.1 Å². The van der Waals surface area contributed by atoms with Gasteiger partial charge in [0.05, 0.1) is 13.2 Å². The normalized spacial score (nSPS) is 23.4. The third-order valence-electron chi connectivity index (χ3n) is 6.81. The fourth-order valence-electron chi connectivity index (χ4n) is 5.24. The number of nitrogens with zero attached hydrogens (tertiary/aromatic N) is 3. The van der Waals surface area contributed by atoms with Crippen LogP contribution in [0.4, 0.5) is 44.3 Å². The number of alkyl halides is 9. The Balaban J connectivity index is 1.37. The molecule has 1 aromatic rings. The lowest BCUT2D eigenvalue weighted by Gasteiger charge is -2.27. The van der Waals surface area contributed by atoms with Crippen LogP contribution in [0.3, 0.4) is 0 Å². The van der Waals surface area contributed by atoms with E-state index in [1.54, 1.807) is 6.07 Å². The molecule has 3 fully saturated rings. The summed E-state index contributed by atoms with van der Waals surface area (Å²) in [6.07, 6.45) is -22.4. The maximum absolute atomic E-state index is 12.9. The molecule has 0 spiro atoms. The summed E-state index contributed by atoms with van der Waals surface area (Å²) < 4.78 is 128. The maximum Gasteiger partial charge on any atom is 0.573 e. The fourth-order valence-corrected chi connectivity index (χ4v) is 5.24. The van der Waals surface area contributed by atoms with Crippen molar-refractivity contribution in [1.29, 1.82) is 0 Å². The van der Waals surface area contributed by atoms with E-state index in [1.165, 1.54) is 12.1 Å². The molecule has 16 heteroatoms. The van der Waals surface area contributed by atoms with E-state index >= 15 is 0 Å². The molecule has 2 unspecified atom stereocenters. The Hall–Kier alpha value is -2.46. The van der Waals surface area contributed by atoms with Crippen molar-refractivity contribution >= 4 is 6.09 Å². The zero-order chi connectivity index (χ0) is 28.6. The van der Waals surface area contributed by atoms with Gasteiger partial charge < -0.3 is 19.1 Å². The summed E-state index contributed by atoms with van der Waals surface area (Å²) in [5, 5.41) is 0. The zero-order valence-corrected chi connectivity index (χ0v) is 20.4. The zero-order valence-electron chi connectivity index (χ0n) is 20.4. The molecule has 4 rings (SSSR count). The number of morpholine rings is 1. The lowest BCUT2D eigenvalue weighted by atomic mass is 10.0. The molecule has 7 nitrogen and oxygen atoms in total. The predicted molar refractivity (Wildman–Crippen MR) is 115 cm³/mol. The van der Waals surface area contributed by atoms with E-state index in [2.05, 4.69) is 9.47 Å². The van der Waals surface area contributed by atoms with Gasteiger partial charge in [0.1, 0.15) is 5.75 Å². The number of likely N-dealkylation sites (tertiary alicyclic amines) is 2. The van der Waals surface area contributed by atoms with Gasteiger partial charge in [-0.1, -0.05) is 6.07 Å². The third kappa shape index (κ3) is 8.03. The van der Waals surface area contributed by atoms with Crippen molar-refractivity contribution in [3.05, 3.63) is 29.3 Å². The van der Waals surface area contributed by atoms with Crippen LogP contribution in [-0.4, -0.2) is 98.1 Å².